The van der Waals surface area contributed by atoms with Gasteiger partial charge in [-0.1, -0.05) is 11.6 Å². The van der Waals surface area contributed by atoms with E-state index >= 15 is 0 Å². The standard InChI is InChI=1S/C12H12ClN3O/c13-11-9-4-1-5-10(17)16(9)12(15-11)8-3-2-6-14-7-8/h2-3,6-7,10,17H,1,4-5H2. The summed E-state index contributed by atoms with van der Waals surface area (Å²) in [6.07, 6.45) is 5.46. The van der Waals surface area contributed by atoms with Crippen molar-refractivity contribution in [1.29, 1.82) is 0 Å². The van der Waals surface area contributed by atoms with Gasteiger partial charge in [-0.15, -0.1) is 0 Å². The highest BCUT2D eigenvalue weighted by molar-refractivity contribution is 6.30. The Kier molecular flexibility index (Phi) is 2.61. The van der Waals surface area contributed by atoms with Crippen molar-refractivity contribution < 1.29 is 5.11 Å². The summed E-state index contributed by atoms with van der Waals surface area (Å²) in [7, 11) is 0. The maximum atomic E-state index is 10.1. The zero-order valence-electron chi connectivity index (χ0n) is 9.17. The molecule has 0 saturated carbocycles. The zero-order chi connectivity index (χ0) is 11.8. The maximum Gasteiger partial charge on any atom is 0.151 e. The van der Waals surface area contributed by atoms with Crippen LogP contribution in [0.2, 0.25) is 5.15 Å². The van der Waals surface area contributed by atoms with E-state index in [1.807, 2.05) is 16.7 Å². The number of aliphatic hydroxyl groups excluding tert-OH is 1. The van der Waals surface area contributed by atoms with Gasteiger partial charge >= 0.3 is 0 Å². The normalized spacial score (nSPS) is 19.1. The van der Waals surface area contributed by atoms with Gasteiger partial charge in [-0.05, 0) is 31.4 Å². The minimum Gasteiger partial charge on any atom is -0.373 e. The van der Waals surface area contributed by atoms with Crippen LogP contribution in [0.3, 0.4) is 0 Å². The van der Waals surface area contributed by atoms with Crippen molar-refractivity contribution in [2.45, 2.75) is 25.5 Å². The molecular formula is C12H12ClN3O. The lowest BCUT2D eigenvalue weighted by atomic mass is 10.1. The van der Waals surface area contributed by atoms with Gasteiger partial charge in [-0.2, -0.15) is 0 Å². The minimum absolute atomic E-state index is 0.489. The average Bonchev–Trinajstić information content (AvgIpc) is 2.70. The van der Waals surface area contributed by atoms with Crippen LogP contribution in [0.25, 0.3) is 11.4 Å². The number of halogens is 1. The van der Waals surface area contributed by atoms with Crippen molar-refractivity contribution in [3.05, 3.63) is 35.4 Å². The number of imidazole rings is 1. The van der Waals surface area contributed by atoms with Crippen LogP contribution in [-0.4, -0.2) is 19.6 Å². The molecule has 17 heavy (non-hydrogen) atoms. The summed E-state index contributed by atoms with van der Waals surface area (Å²) in [5.74, 6) is 0.699. The average molecular weight is 250 g/mol. The van der Waals surface area contributed by atoms with Gasteiger partial charge in [0.2, 0.25) is 0 Å². The van der Waals surface area contributed by atoms with Crippen LogP contribution in [0.4, 0.5) is 0 Å². The van der Waals surface area contributed by atoms with E-state index in [-0.39, 0.29) is 0 Å². The fourth-order valence-corrected chi connectivity index (χ4v) is 2.53. The van der Waals surface area contributed by atoms with Crippen molar-refractivity contribution in [2.75, 3.05) is 0 Å². The fourth-order valence-electron chi connectivity index (χ4n) is 2.26. The van der Waals surface area contributed by atoms with Crippen LogP contribution in [0.1, 0.15) is 24.8 Å². The summed E-state index contributed by atoms with van der Waals surface area (Å²) in [5.41, 5.74) is 1.80. The molecule has 1 atom stereocenters. The van der Waals surface area contributed by atoms with Crippen LogP contribution < -0.4 is 0 Å². The number of aromatic nitrogens is 3. The number of rotatable bonds is 1. The van der Waals surface area contributed by atoms with Crippen LogP contribution in [0, 0.1) is 0 Å². The van der Waals surface area contributed by atoms with E-state index in [0.29, 0.717) is 11.0 Å². The summed E-state index contributed by atoms with van der Waals surface area (Å²) in [6, 6.07) is 3.76. The zero-order valence-corrected chi connectivity index (χ0v) is 9.93. The topological polar surface area (TPSA) is 50.9 Å². The Hall–Kier alpha value is -1.39. The molecule has 0 fully saturated rings. The van der Waals surface area contributed by atoms with Crippen molar-refractivity contribution >= 4 is 11.6 Å². The quantitative estimate of drug-likeness (QED) is 0.845. The van der Waals surface area contributed by atoms with E-state index in [1.54, 1.807) is 12.4 Å². The van der Waals surface area contributed by atoms with Gasteiger partial charge in [-0.25, -0.2) is 4.98 Å². The highest BCUT2D eigenvalue weighted by atomic mass is 35.5. The number of pyridine rings is 1. The van der Waals surface area contributed by atoms with E-state index in [1.165, 1.54) is 0 Å². The van der Waals surface area contributed by atoms with E-state index in [2.05, 4.69) is 9.97 Å². The molecule has 0 aromatic carbocycles. The van der Waals surface area contributed by atoms with E-state index in [9.17, 15) is 5.11 Å². The van der Waals surface area contributed by atoms with Gasteiger partial charge in [0.25, 0.3) is 0 Å². The first-order chi connectivity index (χ1) is 8.27. The predicted molar refractivity (Wildman–Crippen MR) is 64.7 cm³/mol. The van der Waals surface area contributed by atoms with Crippen molar-refractivity contribution in [3.63, 3.8) is 0 Å². The molecule has 0 spiro atoms. The molecule has 3 rings (SSSR count). The van der Waals surface area contributed by atoms with Gasteiger partial charge in [0, 0.05) is 18.0 Å². The largest absolute Gasteiger partial charge is 0.373 e. The number of nitrogens with zero attached hydrogens (tertiary/aromatic N) is 3. The predicted octanol–water partition coefficient (Wildman–Crippen LogP) is 2.43. The third kappa shape index (κ3) is 1.73. The molecule has 2 aromatic rings. The smallest absolute Gasteiger partial charge is 0.151 e. The van der Waals surface area contributed by atoms with Gasteiger partial charge in [0.15, 0.2) is 5.15 Å². The fraction of sp³-hybridized carbons (Fsp3) is 0.333. The van der Waals surface area contributed by atoms with Crippen LogP contribution in [0.5, 0.6) is 0 Å². The Morgan fingerprint density at radius 2 is 2.35 bits per heavy atom. The Labute approximate surface area is 104 Å². The Morgan fingerprint density at radius 3 is 3.12 bits per heavy atom. The summed E-state index contributed by atoms with van der Waals surface area (Å²) < 4.78 is 1.82. The summed E-state index contributed by atoms with van der Waals surface area (Å²) in [6.45, 7) is 0. The molecule has 4 nitrogen and oxygen atoms in total. The highest BCUT2D eigenvalue weighted by Crippen LogP contribution is 2.33. The van der Waals surface area contributed by atoms with E-state index < -0.39 is 6.23 Å². The summed E-state index contributed by atoms with van der Waals surface area (Å²) >= 11 is 6.11. The molecule has 3 heterocycles. The van der Waals surface area contributed by atoms with E-state index in [4.69, 9.17) is 11.6 Å². The number of fused-ring (bicyclic) bond motifs is 1. The molecule has 1 aliphatic rings. The van der Waals surface area contributed by atoms with Crippen LogP contribution >= 0.6 is 11.6 Å². The molecule has 0 aliphatic carbocycles. The first-order valence-electron chi connectivity index (χ1n) is 5.62. The van der Waals surface area contributed by atoms with Crippen LogP contribution in [0.15, 0.2) is 24.5 Å². The molecule has 0 saturated heterocycles. The van der Waals surface area contributed by atoms with Gasteiger partial charge in [0.1, 0.15) is 12.1 Å². The molecule has 1 unspecified atom stereocenters. The lowest BCUT2D eigenvalue weighted by Crippen LogP contribution is -2.17. The molecule has 88 valence electrons. The van der Waals surface area contributed by atoms with Crippen molar-refractivity contribution in [2.24, 2.45) is 0 Å². The molecule has 0 amide bonds. The molecule has 5 heteroatoms. The van der Waals surface area contributed by atoms with Crippen LogP contribution in [-0.2, 0) is 6.42 Å². The second-order valence-corrected chi connectivity index (χ2v) is 4.52. The molecule has 1 N–H and O–H groups in total. The van der Waals surface area contributed by atoms with Gasteiger partial charge in [-0.3, -0.25) is 4.98 Å². The first-order valence-corrected chi connectivity index (χ1v) is 6.00. The first kappa shape index (κ1) is 10.7. The molecule has 0 bridgehead atoms. The molecule has 0 radical (unpaired) electrons. The Bertz CT molecular complexity index is 538. The molecule has 2 aromatic heterocycles. The monoisotopic (exact) mass is 249 g/mol. The summed E-state index contributed by atoms with van der Waals surface area (Å²) in [5, 5.41) is 10.5. The molecule has 1 aliphatic heterocycles. The third-order valence-electron chi connectivity index (χ3n) is 3.05. The Morgan fingerprint density at radius 1 is 1.47 bits per heavy atom. The highest BCUT2D eigenvalue weighted by Gasteiger charge is 2.25. The maximum absolute atomic E-state index is 10.1. The third-order valence-corrected chi connectivity index (χ3v) is 3.36. The number of hydrogen-bond donors (Lipinski definition) is 1. The lowest BCUT2D eigenvalue weighted by molar-refractivity contribution is 0.0807. The molecular weight excluding hydrogens is 238 g/mol. The van der Waals surface area contributed by atoms with Gasteiger partial charge < -0.3 is 9.67 Å². The van der Waals surface area contributed by atoms with Crippen molar-refractivity contribution in [3.8, 4) is 11.4 Å². The van der Waals surface area contributed by atoms with E-state index in [0.717, 1.165) is 30.5 Å². The summed E-state index contributed by atoms with van der Waals surface area (Å²) in [4.78, 5) is 8.41. The second-order valence-electron chi connectivity index (χ2n) is 4.16. The van der Waals surface area contributed by atoms with Crippen molar-refractivity contribution in [1.82, 2.24) is 14.5 Å². The second kappa shape index (κ2) is 4.13. The Balaban J connectivity index is 2.18. The van der Waals surface area contributed by atoms with Gasteiger partial charge in [0.05, 0.1) is 5.69 Å². The minimum atomic E-state index is -0.533. The SMILES string of the molecule is OC1CCCc2c(Cl)nc(-c3cccnc3)n21. The number of hydrogen-bond acceptors (Lipinski definition) is 3. The number of aliphatic hydroxyl groups is 1. The lowest BCUT2D eigenvalue weighted by Gasteiger charge is -2.22.